The van der Waals surface area contributed by atoms with Crippen molar-refractivity contribution in [3.63, 3.8) is 0 Å². The fourth-order valence-electron chi connectivity index (χ4n) is 2.43. The Kier molecular flexibility index (Phi) is 2.80. The van der Waals surface area contributed by atoms with Gasteiger partial charge in [0.05, 0.1) is 12.3 Å². The monoisotopic (exact) mass is 243 g/mol. The van der Waals surface area contributed by atoms with E-state index in [-0.39, 0.29) is 0 Å². The molecule has 0 amide bonds. The molecule has 4 heteroatoms. The molecule has 4 nitrogen and oxygen atoms in total. The highest BCUT2D eigenvalue weighted by Crippen LogP contribution is 2.31. The van der Waals surface area contributed by atoms with Crippen molar-refractivity contribution in [1.29, 1.82) is 0 Å². The van der Waals surface area contributed by atoms with E-state index in [0.717, 1.165) is 31.0 Å². The molecular formula is C14H17N3O. The summed E-state index contributed by atoms with van der Waals surface area (Å²) in [5.74, 6) is 1.02. The third kappa shape index (κ3) is 1.88. The lowest BCUT2D eigenvalue weighted by atomic mass is 10.0. The van der Waals surface area contributed by atoms with Gasteiger partial charge in [0.15, 0.2) is 0 Å². The second kappa shape index (κ2) is 4.46. The molecule has 0 saturated heterocycles. The van der Waals surface area contributed by atoms with Gasteiger partial charge in [-0.15, -0.1) is 0 Å². The van der Waals surface area contributed by atoms with Gasteiger partial charge in [-0.2, -0.15) is 5.10 Å². The van der Waals surface area contributed by atoms with Gasteiger partial charge in [0.2, 0.25) is 0 Å². The van der Waals surface area contributed by atoms with Crippen molar-refractivity contribution in [3.05, 3.63) is 35.5 Å². The first-order valence-electron chi connectivity index (χ1n) is 6.21. The number of nitrogens with zero attached hydrogens (tertiary/aromatic N) is 2. The molecule has 18 heavy (non-hydrogen) atoms. The Labute approximate surface area is 107 Å². The molecular weight excluding hydrogens is 226 g/mol. The zero-order chi connectivity index (χ0) is 12.5. The lowest BCUT2D eigenvalue weighted by Crippen LogP contribution is -2.05. The van der Waals surface area contributed by atoms with Gasteiger partial charge in [-0.1, -0.05) is 0 Å². The third-order valence-electron chi connectivity index (χ3n) is 3.23. The van der Waals surface area contributed by atoms with Crippen LogP contribution in [-0.2, 0) is 20.0 Å². The van der Waals surface area contributed by atoms with E-state index in [2.05, 4.69) is 34.8 Å². The molecule has 1 N–H and O–H groups in total. The number of benzene rings is 1. The van der Waals surface area contributed by atoms with Gasteiger partial charge >= 0.3 is 0 Å². The maximum atomic E-state index is 5.53. The van der Waals surface area contributed by atoms with Crippen LogP contribution in [0.25, 0.3) is 11.3 Å². The van der Waals surface area contributed by atoms with Crippen molar-refractivity contribution in [1.82, 2.24) is 15.1 Å². The molecule has 0 aliphatic carbocycles. The molecule has 1 aromatic carbocycles. The SMILES string of the molecule is CNCc1cn(C)nc1-c1ccc2c(c1)CCO2. The van der Waals surface area contributed by atoms with Gasteiger partial charge in [0, 0.05) is 37.3 Å². The number of aryl methyl sites for hydroxylation is 1. The summed E-state index contributed by atoms with van der Waals surface area (Å²) < 4.78 is 7.40. The van der Waals surface area contributed by atoms with E-state index in [9.17, 15) is 0 Å². The topological polar surface area (TPSA) is 39.1 Å². The first kappa shape index (κ1) is 11.3. The summed E-state index contributed by atoms with van der Waals surface area (Å²) in [6.07, 6.45) is 3.06. The van der Waals surface area contributed by atoms with Crippen LogP contribution in [0, 0.1) is 0 Å². The molecule has 1 aliphatic rings. The molecule has 2 aromatic rings. The predicted molar refractivity (Wildman–Crippen MR) is 70.6 cm³/mol. The van der Waals surface area contributed by atoms with Gasteiger partial charge in [-0.05, 0) is 30.8 Å². The van der Waals surface area contributed by atoms with Crippen LogP contribution in [0.3, 0.4) is 0 Å². The molecule has 3 rings (SSSR count). The highest BCUT2D eigenvalue weighted by Gasteiger charge is 2.15. The minimum absolute atomic E-state index is 0.796. The molecule has 94 valence electrons. The minimum atomic E-state index is 0.796. The summed E-state index contributed by atoms with van der Waals surface area (Å²) in [6.45, 7) is 1.63. The fraction of sp³-hybridized carbons (Fsp3) is 0.357. The van der Waals surface area contributed by atoms with Crippen LogP contribution in [-0.4, -0.2) is 23.4 Å². The summed E-state index contributed by atoms with van der Waals surface area (Å²) in [4.78, 5) is 0. The standard InChI is InChI=1S/C14H17N3O/c1-15-8-12-9-17(2)16-14(12)11-3-4-13-10(7-11)5-6-18-13/h3-4,7,9,15H,5-6,8H2,1-2H3. The lowest BCUT2D eigenvalue weighted by molar-refractivity contribution is 0.357. The molecule has 1 aromatic heterocycles. The molecule has 0 unspecified atom stereocenters. The Morgan fingerprint density at radius 2 is 2.33 bits per heavy atom. The van der Waals surface area contributed by atoms with Gasteiger partial charge in [-0.25, -0.2) is 0 Å². The summed E-state index contributed by atoms with van der Waals surface area (Å²) in [5, 5.41) is 7.74. The van der Waals surface area contributed by atoms with Crippen molar-refractivity contribution < 1.29 is 4.74 Å². The van der Waals surface area contributed by atoms with Crippen LogP contribution in [0.4, 0.5) is 0 Å². The molecule has 0 bridgehead atoms. The highest BCUT2D eigenvalue weighted by molar-refractivity contribution is 5.65. The van der Waals surface area contributed by atoms with Gasteiger partial charge in [0.25, 0.3) is 0 Å². The highest BCUT2D eigenvalue weighted by atomic mass is 16.5. The number of ether oxygens (including phenoxy) is 1. The molecule has 0 spiro atoms. The number of fused-ring (bicyclic) bond motifs is 1. The smallest absolute Gasteiger partial charge is 0.122 e. The van der Waals surface area contributed by atoms with Crippen molar-refractivity contribution in [2.75, 3.05) is 13.7 Å². The van der Waals surface area contributed by atoms with E-state index >= 15 is 0 Å². The average molecular weight is 243 g/mol. The predicted octanol–water partition coefficient (Wildman–Crippen LogP) is 1.74. The van der Waals surface area contributed by atoms with Gasteiger partial charge in [-0.3, -0.25) is 4.68 Å². The molecule has 0 atom stereocenters. The van der Waals surface area contributed by atoms with Crippen LogP contribution in [0.1, 0.15) is 11.1 Å². The lowest BCUT2D eigenvalue weighted by Gasteiger charge is -2.04. The summed E-state index contributed by atoms with van der Waals surface area (Å²) >= 11 is 0. The van der Waals surface area contributed by atoms with E-state index in [1.807, 2.05) is 18.8 Å². The van der Waals surface area contributed by atoms with E-state index in [1.165, 1.54) is 16.7 Å². The van der Waals surface area contributed by atoms with Crippen molar-refractivity contribution in [2.24, 2.45) is 7.05 Å². The first-order chi connectivity index (χ1) is 8.78. The van der Waals surface area contributed by atoms with Crippen LogP contribution < -0.4 is 10.1 Å². The van der Waals surface area contributed by atoms with Gasteiger partial charge < -0.3 is 10.1 Å². The molecule has 2 heterocycles. The quantitative estimate of drug-likeness (QED) is 0.892. The first-order valence-corrected chi connectivity index (χ1v) is 6.21. The van der Waals surface area contributed by atoms with Gasteiger partial charge in [0.1, 0.15) is 5.75 Å². The number of hydrogen-bond donors (Lipinski definition) is 1. The van der Waals surface area contributed by atoms with E-state index in [0.29, 0.717) is 0 Å². The summed E-state index contributed by atoms with van der Waals surface area (Å²) in [5.41, 5.74) is 4.74. The second-order valence-corrected chi connectivity index (χ2v) is 4.63. The largest absolute Gasteiger partial charge is 0.493 e. The Bertz CT molecular complexity index is 574. The normalized spacial score (nSPS) is 13.4. The average Bonchev–Trinajstić information content (AvgIpc) is 2.95. The minimum Gasteiger partial charge on any atom is -0.493 e. The van der Waals surface area contributed by atoms with E-state index in [1.54, 1.807) is 0 Å². The van der Waals surface area contributed by atoms with E-state index in [4.69, 9.17) is 4.74 Å². The molecule has 0 fully saturated rings. The van der Waals surface area contributed by atoms with Crippen molar-refractivity contribution in [3.8, 4) is 17.0 Å². The zero-order valence-corrected chi connectivity index (χ0v) is 10.7. The Morgan fingerprint density at radius 1 is 1.44 bits per heavy atom. The summed E-state index contributed by atoms with van der Waals surface area (Å²) in [6, 6.07) is 6.34. The number of hydrogen-bond acceptors (Lipinski definition) is 3. The fourth-order valence-corrected chi connectivity index (χ4v) is 2.43. The number of nitrogens with one attached hydrogen (secondary N) is 1. The van der Waals surface area contributed by atoms with Crippen LogP contribution in [0.2, 0.25) is 0 Å². The molecule has 1 aliphatic heterocycles. The maximum Gasteiger partial charge on any atom is 0.122 e. The Balaban J connectivity index is 2.03. The molecule has 0 radical (unpaired) electrons. The third-order valence-corrected chi connectivity index (χ3v) is 3.23. The van der Waals surface area contributed by atoms with Crippen molar-refractivity contribution >= 4 is 0 Å². The zero-order valence-electron chi connectivity index (χ0n) is 10.7. The maximum absolute atomic E-state index is 5.53. The summed E-state index contributed by atoms with van der Waals surface area (Å²) in [7, 11) is 3.91. The van der Waals surface area contributed by atoms with E-state index < -0.39 is 0 Å². The Morgan fingerprint density at radius 3 is 3.17 bits per heavy atom. The Hall–Kier alpha value is -1.81. The number of rotatable bonds is 3. The second-order valence-electron chi connectivity index (χ2n) is 4.63. The van der Waals surface area contributed by atoms with Crippen molar-refractivity contribution in [2.45, 2.75) is 13.0 Å². The van der Waals surface area contributed by atoms with Crippen LogP contribution in [0.5, 0.6) is 5.75 Å². The van der Waals surface area contributed by atoms with Crippen LogP contribution in [0.15, 0.2) is 24.4 Å². The van der Waals surface area contributed by atoms with Crippen LogP contribution >= 0.6 is 0 Å². The molecule has 0 saturated carbocycles. The number of aromatic nitrogens is 2.